The lowest BCUT2D eigenvalue weighted by Crippen LogP contribution is -1.82. The molecule has 1 aromatic rings. The fraction of sp³-hybridized carbons (Fsp3) is 0.455. The van der Waals surface area contributed by atoms with Crippen LogP contribution in [0.3, 0.4) is 0 Å². The van der Waals surface area contributed by atoms with E-state index in [2.05, 4.69) is 6.92 Å². The largest absolute Gasteiger partial charge is 0.287 e. The van der Waals surface area contributed by atoms with Crippen LogP contribution in [0.15, 0.2) is 30.3 Å². The number of unbranched alkanes of at least 4 members (excludes halogenated alkanes) is 1. The van der Waals surface area contributed by atoms with Crippen LogP contribution in [0.5, 0.6) is 0 Å². The molecule has 1 rings (SSSR count). The molecule has 0 aliphatic carbocycles. The van der Waals surface area contributed by atoms with Crippen molar-refractivity contribution in [2.75, 3.05) is 6.16 Å². The fourth-order valence-corrected chi connectivity index (χ4v) is 2.65. The second-order valence-corrected chi connectivity index (χ2v) is 4.93. The average molecular weight is 195 g/mol. The fourth-order valence-electron chi connectivity index (χ4n) is 1.20. The van der Waals surface area contributed by atoms with Gasteiger partial charge >= 0.3 is 0 Å². The molecule has 71 valence electrons. The molecule has 13 heavy (non-hydrogen) atoms. The molecule has 0 amide bonds. The minimum absolute atomic E-state index is 0.746. The molecule has 0 aliphatic rings. The van der Waals surface area contributed by atoms with Gasteiger partial charge < -0.3 is 0 Å². The van der Waals surface area contributed by atoms with E-state index in [-0.39, 0.29) is 0 Å². The van der Waals surface area contributed by atoms with Gasteiger partial charge in [-0.2, -0.15) is 0 Å². The van der Waals surface area contributed by atoms with Crippen LogP contribution >= 0.6 is 7.80 Å². The predicted octanol–water partition coefficient (Wildman–Crippen LogP) is 3.81. The Labute approximate surface area is 81.0 Å². The molecule has 0 heterocycles. The zero-order valence-corrected chi connectivity index (χ0v) is 8.97. The summed E-state index contributed by atoms with van der Waals surface area (Å²) in [4.78, 5) is 0. The molecule has 0 saturated heterocycles. The van der Waals surface area contributed by atoms with E-state index in [1.54, 1.807) is 0 Å². The Morgan fingerprint density at radius 2 is 1.92 bits per heavy atom. The summed E-state index contributed by atoms with van der Waals surface area (Å²) in [6, 6.07) is 10.1. The highest BCUT2D eigenvalue weighted by Crippen LogP contribution is 2.27. The van der Waals surface area contributed by atoms with Crippen LogP contribution < -0.4 is 0 Å². The second kappa shape index (κ2) is 5.88. The Morgan fingerprint density at radius 1 is 1.23 bits per heavy atom. The first-order chi connectivity index (χ1) is 6.33. The summed E-state index contributed by atoms with van der Waals surface area (Å²) in [6.07, 6.45) is 3.84. The average Bonchev–Trinajstić information content (AvgIpc) is 2.16. The van der Waals surface area contributed by atoms with Gasteiger partial charge in [0.25, 0.3) is 0 Å². The Morgan fingerprint density at radius 3 is 2.54 bits per heavy atom. The van der Waals surface area contributed by atoms with Gasteiger partial charge in [-0.25, -0.2) is 0 Å². The van der Waals surface area contributed by atoms with E-state index in [4.69, 9.17) is 0 Å². The molecule has 0 fully saturated rings. The Hall–Kier alpha value is -0.680. The topological polar surface area (TPSA) is 17.1 Å². The number of hydrogen-bond acceptors (Lipinski definition) is 1. The maximum atomic E-state index is 11.5. The Balaban J connectivity index is 2.37. The third kappa shape index (κ3) is 4.19. The minimum Gasteiger partial charge on any atom is -0.287 e. The van der Waals surface area contributed by atoms with E-state index in [0.717, 1.165) is 25.2 Å². The molecule has 0 aromatic heterocycles. The molecule has 2 heteroatoms. The van der Waals surface area contributed by atoms with Gasteiger partial charge in [-0.15, -0.1) is 0 Å². The third-order valence-corrected chi connectivity index (χ3v) is 3.50. The number of benzene rings is 1. The van der Waals surface area contributed by atoms with Crippen molar-refractivity contribution < 1.29 is 4.57 Å². The van der Waals surface area contributed by atoms with Crippen LogP contribution in [0, 0.1) is 0 Å². The van der Waals surface area contributed by atoms with E-state index in [0.29, 0.717) is 0 Å². The normalized spacial score (nSPS) is 11.3. The third-order valence-electron chi connectivity index (χ3n) is 1.96. The number of hydrogen-bond donors (Lipinski definition) is 0. The first kappa shape index (κ1) is 10.4. The van der Waals surface area contributed by atoms with Gasteiger partial charge in [0, 0.05) is 12.3 Å². The smallest absolute Gasteiger partial charge is 0.0763 e. The van der Waals surface area contributed by atoms with Gasteiger partial charge in [-0.05, 0) is 12.0 Å². The van der Waals surface area contributed by atoms with Crippen molar-refractivity contribution in [1.29, 1.82) is 0 Å². The molecule has 1 atom stereocenters. The molecule has 1 aromatic carbocycles. The van der Waals surface area contributed by atoms with E-state index in [1.165, 1.54) is 5.56 Å². The summed E-state index contributed by atoms with van der Waals surface area (Å²) >= 11 is 0. The van der Waals surface area contributed by atoms with Crippen molar-refractivity contribution >= 4 is 7.80 Å². The van der Waals surface area contributed by atoms with Crippen molar-refractivity contribution in [3.8, 4) is 0 Å². The highest BCUT2D eigenvalue weighted by atomic mass is 31.1. The molecule has 0 spiro atoms. The molecule has 0 bridgehead atoms. The van der Waals surface area contributed by atoms with Gasteiger partial charge in [-0.3, -0.25) is 4.57 Å². The molecule has 1 unspecified atom stereocenters. The van der Waals surface area contributed by atoms with Gasteiger partial charge in [0.15, 0.2) is 0 Å². The highest BCUT2D eigenvalue weighted by molar-refractivity contribution is 7.43. The Bertz CT molecular complexity index is 256. The van der Waals surface area contributed by atoms with E-state index in [9.17, 15) is 4.57 Å². The molecular weight excluding hydrogens is 179 g/mol. The van der Waals surface area contributed by atoms with E-state index < -0.39 is 7.80 Å². The predicted molar refractivity (Wildman–Crippen MR) is 57.5 cm³/mol. The van der Waals surface area contributed by atoms with Crippen LogP contribution in [-0.2, 0) is 10.7 Å². The highest BCUT2D eigenvalue weighted by Gasteiger charge is 2.00. The van der Waals surface area contributed by atoms with Gasteiger partial charge in [-0.1, -0.05) is 43.7 Å². The van der Waals surface area contributed by atoms with Crippen molar-refractivity contribution in [3.63, 3.8) is 0 Å². The van der Waals surface area contributed by atoms with Crippen molar-refractivity contribution in [2.24, 2.45) is 0 Å². The lowest BCUT2D eigenvalue weighted by atomic mass is 10.2. The monoisotopic (exact) mass is 195 g/mol. The summed E-state index contributed by atoms with van der Waals surface area (Å²) in [5, 5.41) is 0. The summed E-state index contributed by atoms with van der Waals surface area (Å²) in [6.45, 7) is 2.13. The lowest BCUT2D eigenvalue weighted by molar-refractivity contribution is 0.585. The van der Waals surface area contributed by atoms with Crippen LogP contribution in [0.1, 0.15) is 25.3 Å². The molecule has 0 saturated carbocycles. The van der Waals surface area contributed by atoms with Crippen LogP contribution in [0.4, 0.5) is 0 Å². The SMILES string of the molecule is CCCC[P](=O)Cc1ccccc1. The zero-order chi connectivity index (χ0) is 9.52. The van der Waals surface area contributed by atoms with Gasteiger partial charge in [0.1, 0.15) is 0 Å². The van der Waals surface area contributed by atoms with E-state index in [1.807, 2.05) is 30.3 Å². The Kier molecular flexibility index (Phi) is 4.70. The first-order valence-corrected chi connectivity index (χ1v) is 6.42. The standard InChI is InChI=1S/C11H16OP/c1-2-3-9-13(12)10-11-7-5-4-6-8-11/h4-8H,2-3,9-10H2,1H3. The van der Waals surface area contributed by atoms with Crippen molar-refractivity contribution in [1.82, 2.24) is 0 Å². The van der Waals surface area contributed by atoms with Gasteiger partial charge in [0.05, 0.1) is 7.80 Å². The second-order valence-electron chi connectivity index (χ2n) is 3.20. The molecular formula is C11H16OP. The lowest BCUT2D eigenvalue weighted by Gasteiger charge is -1.99. The molecule has 0 N–H and O–H groups in total. The molecule has 1 nitrogen and oxygen atoms in total. The van der Waals surface area contributed by atoms with Crippen LogP contribution in [-0.4, -0.2) is 6.16 Å². The quantitative estimate of drug-likeness (QED) is 0.653. The van der Waals surface area contributed by atoms with Crippen LogP contribution in [0.25, 0.3) is 0 Å². The maximum Gasteiger partial charge on any atom is 0.0763 e. The van der Waals surface area contributed by atoms with Crippen LogP contribution in [0.2, 0.25) is 0 Å². The van der Waals surface area contributed by atoms with Gasteiger partial charge in [0.2, 0.25) is 0 Å². The molecule has 0 aliphatic heterocycles. The summed E-state index contributed by atoms with van der Waals surface area (Å²) in [5.74, 6) is 0. The van der Waals surface area contributed by atoms with Crippen molar-refractivity contribution in [2.45, 2.75) is 25.9 Å². The van der Waals surface area contributed by atoms with Crippen molar-refractivity contribution in [3.05, 3.63) is 35.9 Å². The summed E-state index contributed by atoms with van der Waals surface area (Å²) < 4.78 is 11.5. The maximum absolute atomic E-state index is 11.5. The zero-order valence-electron chi connectivity index (χ0n) is 8.07. The molecule has 1 radical (unpaired) electrons. The first-order valence-electron chi connectivity index (χ1n) is 4.79. The minimum atomic E-state index is -1.01. The number of rotatable bonds is 5. The van der Waals surface area contributed by atoms with E-state index >= 15 is 0 Å². The summed E-state index contributed by atoms with van der Waals surface area (Å²) in [7, 11) is -1.01. The summed E-state index contributed by atoms with van der Waals surface area (Å²) in [5.41, 5.74) is 1.19.